The predicted octanol–water partition coefficient (Wildman–Crippen LogP) is 3.00. The lowest BCUT2D eigenvalue weighted by atomic mass is 10.2. The van der Waals surface area contributed by atoms with Crippen LogP contribution in [0.15, 0.2) is 41.6 Å². The number of benzene rings is 1. The lowest BCUT2D eigenvalue weighted by Crippen LogP contribution is -2.18. The van der Waals surface area contributed by atoms with Gasteiger partial charge in [-0.15, -0.1) is 11.8 Å². The Kier molecular flexibility index (Phi) is 4.44. The smallest absolute Gasteiger partial charge is 0.126 e. The van der Waals surface area contributed by atoms with Crippen molar-refractivity contribution < 1.29 is 0 Å². The maximum atomic E-state index is 6.21. The van der Waals surface area contributed by atoms with Gasteiger partial charge in [0.25, 0.3) is 0 Å². The van der Waals surface area contributed by atoms with Crippen molar-refractivity contribution in [1.82, 2.24) is 9.55 Å². The largest absolute Gasteiger partial charge is 0.334 e. The van der Waals surface area contributed by atoms with E-state index in [0.717, 1.165) is 18.1 Å². The summed E-state index contributed by atoms with van der Waals surface area (Å²) in [6.07, 6.45) is 3.80. The molecule has 3 nitrogen and oxygen atoms in total. The molecule has 0 saturated heterocycles. The third-order valence-corrected chi connectivity index (χ3v) is 4.23. The van der Waals surface area contributed by atoms with Crippen LogP contribution in [0, 0.1) is 6.92 Å². The van der Waals surface area contributed by atoms with Crippen LogP contribution in [0.1, 0.15) is 24.4 Å². The second-order valence-electron chi connectivity index (χ2n) is 4.25. The molecule has 96 valence electrons. The minimum absolute atomic E-state index is 0.0236. The summed E-state index contributed by atoms with van der Waals surface area (Å²) < 4.78 is 2.10. The number of rotatable bonds is 5. The molecule has 18 heavy (non-hydrogen) atoms. The molecule has 1 aromatic carbocycles. The third-order valence-electron chi connectivity index (χ3n) is 2.93. The topological polar surface area (TPSA) is 43.8 Å². The molecule has 1 unspecified atom stereocenters. The van der Waals surface area contributed by atoms with Gasteiger partial charge in [0.15, 0.2) is 0 Å². The predicted molar refractivity (Wildman–Crippen MR) is 76.7 cm³/mol. The summed E-state index contributed by atoms with van der Waals surface area (Å²) in [7, 11) is 0. The molecule has 4 heteroatoms. The molecule has 2 aromatic rings. The minimum atomic E-state index is -0.0236. The van der Waals surface area contributed by atoms with Gasteiger partial charge in [0.1, 0.15) is 5.82 Å². The Balaban J connectivity index is 2.01. The van der Waals surface area contributed by atoms with Crippen LogP contribution < -0.4 is 5.73 Å². The molecular weight excluding hydrogens is 242 g/mol. The van der Waals surface area contributed by atoms with Crippen molar-refractivity contribution in [2.24, 2.45) is 5.73 Å². The van der Waals surface area contributed by atoms with Crippen LogP contribution in [0.5, 0.6) is 0 Å². The number of imidazole rings is 1. The van der Waals surface area contributed by atoms with Gasteiger partial charge in [0.2, 0.25) is 0 Å². The van der Waals surface area contributed by atoms with Crippen molar-refractivity contribution >= 4 is 11.8 Å². The highest BCUT2D eigenvalue weighted by Gasteiger charge is 2.12. The quantitative estimate of drug-likeness (QED) is 0.841. The average molecular weight is 261 g/mol. The fraction of sp³-hybridized carbons (Fsp3) is 0.357. The standard InChI is InChI=1S/C14H19N3S/c1-3-17-9-8-16-14(17)12(15)10-18-13-7-5-4-6-11(13)2/h4-9,12H,3,10,15H2,1-2H3. The van der Waals surface area contributed by atoms with Crippen LogP contribution >= 0.6 is 11.8 Å². The van der Waals surface area contributed by atoms with Crippen LogP contribution in [-0.2, 0) is 6.54 Å². The van der Waals surface area contributed by atoms with Crippen molar-refractivity contribution in [2.75, 3.05) is 5.75 Å². The normalized spacial score (nSPS) is 12.6. The van der Waals surface area contributed by atoms with E-state index < -0.39 is 0 Å². The van der Waals surface area contributed by atoms with Gasteiger partial charge >= 0.3 is 0 Å². The summed E-state index contributed by atoms with van der Waals surface area (Å²) in [5.74, 6) is 1.82. The van der Waals surface area contributed by atoms with Crippen LogP contribution in [-0.4, -0.2) is 15.3 Å². The highest BCUT2D eigenvalue weighted by molar-refractivity contribution is 7.99. The molecular formula is C14H19N3S. The Morgan fingerprint density at radius 2 is 2.17 bits per heavy atom. The zero-order chi connectivity index (χ0) is 13.0. The van der Waals surface area contributed by atoms with E-state index in [1.54, 1.807) is 11.8 Å². The molecule has 0 spiro atoms. The molecule has 0 radical (unpaired) electrons. The van der Waals surface area contributed by atoms with E-state index in [1.165, 1.54) is 10.5 Å². The summed E-state index contributed by atoms with van der Waals surface area (Å²) >= 11 is 1.79. The Morgan fingerprint density at radius 1 is 1.39 bits per heavy atom. The molecule has 2 N–H and O–H groups in total. The van der Waals surface area contributed by atoms with E-state index in [4.69, 9.17) is 5.73 Å². The monoisotopic (exact) mass is 261 g/mol. The van der Waals surface area contributed by atoms with Gasteiger partial charge in [-0.25, -0.2) is 4.98 Å². The summed E-state index contributed by atoms with van der Waals surface area (Å²) in [4.78, 5) is 5.64. The van der Waals surface area contributed by atoms with Crippen LogP contribution in [0.25, 0.3) is 0 Å². The maximum Gasteiger partial charge on any atom is 0.126 e. The molecule has 0 bridgehead atoms. The summed E-state index contributed by atoms with van der Waals surface area (Å²) in [5.41, 5.74) is 7.51. The molecule has 2 rings (SSSR count). The van der Waals surface area contributed by atoms with Crippen LogP contribution in [0.3, 0.4) is 0 Å². The Morgan fingerprint density at radius 3 is 2.89 bits per heavy atom. The molecule has 0 aliphatic heterocycles. The van der Waals surface area contributed by atoms with Crippen LogP contribution in [0.4, 0.5) is 0 Å². The number of hydrogen-bond acceptors (Lipinski definition) is 3. The molecule has 1 aromatic heterocycles. The summed E-state index contributed by atoms with van der Waals surface area (Å²) in [6, 6.07) is 8.36. The fourth-order valence-corrected chi connectivity index (χ4v) is 2.87. The van der Waals surface area contributed by atoms with Crippen molar-refractivity contribution in [2.45, 2.75) is 31.3 Å². The Labute approximate surface area is 112 Å². The fourth-order valence-electron chi connectivity index (χ4n) is 1.89. The SMILES string of the molecule is CCn1ccnc1C(N)CSc1ccccc1C. The molecule has 1 heterocycles. The van der Waals surface area contributed by atoms with Gasteiger partial charge in [-0.1, -0.05) is 18.2 Å². The molecule has 0 saturated carbocycles. The van der Waals surface area contributed by atoms with Crippen molar-refractivity contribution in [3.63, 3.8) is 0 Å². The zero-order valence-corrected chi connectivity index (χ0v) is 11.7. The molecule has 0 aliphatic rings. The molecule has 0 aliphatic carbocycles. The number of nitrogens with two attached hydrogens (primary N) is 1. The lowest BCUT2D eigenvalue weighted by Gasteiger charge is -2.13. The zero-order valence-electron chi connectivity index (χ0n) is 10.8. The number of thioether (sulfide) groups is 1. The first kappa shape index (κ1) is 13.2. The lowest BCUT2D eigenvalue weighted by molar-refractivity contribution is 0.642. The molecule has 0 amide bonds. The number of aryl methyl sites for hydroxylation is 2. The van der Waals surface area contributed by atoms with E-state index in [1.807, 2.05) is 12.4 Å². The van der Waals surface area contributed by atoms with Gasteiger partial charge in [0.05, 0.1) is 6.04 Å². The van der Waals surface area contributed by atoms with E-state index in [2.05, 4.69) is 47.7 Å². The highest BCUT2D eigenvalue weighted by Crippen LogP contribution is 2.25. The van der Waals surface area contributed by atoms with E-state index in [9.17, 15) is 0 Å². The van der Waals surface area contributed by atoms with Crippen LogP contribution in [0.2, 0.25) is 0 Å². The first-order chi connectivity index (χ1) is 8.72. The van der Waals surface area contributed by atoms with Gasteiger partial charge in [-0.2, -0.15) is 0 Å². The number of nitrogens with zero attached hydrogens (tertiary/aromatic N) is 2. The van der Waals surface area contributed by atoms with E-state index in [0.29, 0.717) is 0 Å². The first-order valence-corrected chi connectivity index (χ1v) is 7.16. The maximum absolute atomic E-state index is 6.21. The van der Waals surface area contributed by atoms with Crippen molar-refractivity contribution in [1.29, 1.82) is 0 Å². The van der Waals surface area contributed by atoms with Gasteiger partial charge in [-0.05, 0) is 25.5 Å². The highest BCUT2D eigenvalue weighted by atomic mass is 32.2. The van der Waals surface area contributed by atoms with Gasteiger partial charge in [0, 0.05) is 29.6 Å². The first-order valence-electron chi connectivity index (χ1n) is 6.17. The van der Waals surface area contributed by atoms with E-state index in [-0.39, 0.29) is 6.04 Å². The molecule has 0 fully saturated rings. The second-order valence-corrected chi connectivity index (χ2v) is 5.32. The number of hydrogen-bond donors (Lipinski definition) is 1. The second kappa shape index (κ2) is 6.07. The minimum Gasteiger partial charge on any atom is -0.334 e. The van der Waals surface area contributed by atoms with E-state index >= 15 is 0 Å². The summed E-state index contributed by atoms with van der Waals surface area (Å²) in [5, 5.41) is 0. The average Bonchev–Trinajstić information content (AvgIpc) is 2.86. The van der Waals surface area contributed by atoms with Crippen molar-refractivity contribution in [3.05, 3.63) is 48.0 Å². The van der Waals surface area contributed by atoms with Gasteiger partial charge in [-0.3, -0.25) is 0 Å². The Bertz CT molecular complexity index is 507. The third kappa shape index (κ3) is 2.94. The molecule has 1 atom stereocenters. The van der Waals surface area contributed by atoms with Crippen molar-refractivity contribution in [3.8, 4) is 0 Å². The Hall–Kier alpha value is -1.26. The number of aromatic nitrogens is 2. The van der Waals surface area contributed by atoms with Gasteiger partial charge < -0.3 is 10.3 Å². The summed E-state index contributed by atoms with van der Waals surface area (Å²) in [6.45, 7) is 5.14.